The Morgan fingerprint density at radius 2 is 1.54 bits per heavy atom. The van der Waals surface area contributed by atoms with Gasteiger partial charge in [-0.25, -0.2) is 12.8 Å². The number of nitrogens with zero attached hydrogens (tertiary/aromatic N) is 2. The van der Waals surface area contributed by atoms with E-state index in [-0.39, 0.29) is 29.8 Å². The van der Waals surface area contributed by atoms with Crippen molar-refractivity contribution in [3.63, 3.8) is 0 Å². The highest BCUT2D eigenvalue weighted by atomic mass is 32.2. The van der Waals surface area contributed by atoms with Crippen LogP contribution in [0.2, 0.25) is 0 Å². The highest BCUT2D eigenvalue weighted by molar-refractivity contribution is 7.92. The zero-order chi connectivity index (χ0) is 28.6. The smallest absolute Gasteiger partial charge is 0.264 e. The van der Waals surface area contributed by atoms with E-state index >= 15 is 0 Å². The molecule has 0 aliphatic rings. The highest BCUT2D eigenvalue weighted by Gasteiger charge is 2.33. The van der Waals surface area contributed by atoms with Crippen LogP contribution in [-0.2, 0) is 26.2 Å². The van der Waals surface area contributed by atoms with E-state index in [0.717, 1.165) is 4.31 Å². The van der Waals surface area contributed by atoms with Gasteiger partial charge in [-0.05, 0) is 69.7 Å². The van der Waals surface area contributed by atoms with E-state index < -0.39 is 40.2 Å². The first-order chi connectivity index (χ1) is 18.5. The van der Waals surface area contributed by atoms with Crippen LogP contribution < -0.4 is 14.4 Å². The highest BCUT2D eigenvalue weighted by Crippen LogP contribution is 2.32. The molecule has 3 aromatic carbocycles. The topological polar surface area (TPSA) is 96.0 Å². The first-order valence-electron chi connectivity index (χ1n) is 12.7. The number of anilines is 1. The SMILES string of the molecule is CCOc1ccccc1N(CC(=O)N(Cc1ccc(F)cc1)[C@H](C)C(=O)NC(C)C)S(=O)(=O)c1ccccc1. The first kappa shape index (κ1) is 29.6. The van der Waals surface area contributed by atoms with Crippen LogP contribution in [-0.4, -0.2) is 50.4 Å². The Bertz CT molecular complexity index is 1370. The van der Waals surface area contributed by atoms with Crippen molar-refractivity contribution in [2.45, 2.75) is 51.2 Å². The summed E-state index contributed by atoms with van der Waals surface area (Å²) in [5.41, 5.74) is 0.777. The van der Waals surface area contributed by atoms with Gasteiger partial charge < -0.3 is 15.0 Å². The molecule has 39 heavy (non-hydrogen) atoms. The quantitative estimate of drug-likeness (QED) is 0.358. The Morgan fingerprint density at radius 1 is 0.923 bits per heavy atom. The number of benzene rings is 3. The van der Waals surface area contributed by atoms with Crippen molar-refractivity contribution in [2.75, 3.05) is 17.5 Å². The molecule has 208 valence electrons. The molecule has 8 nitrogen and oxygen atoms in total. The summed E-state index contributed by atoms with van der Waals surface area (Å²) in [6, 6.07) is 18.8. The van der Waals surface area contributed by atoms with E-state index in [1.807, 2.05) is 0 Å². The van der Waals surface area contributed by atoms with Crippen LogP contribution in [0.25, 0.3) is 0 Å². The number of hydrogen-bond donors (Lipinski definition) is 1. The normalized spacial score (nSPS) is 12.1. The van der Waals surface area contributed by atoms with E-state index in [1.165, 1.54) is 41.3 Å². The summed E-state index contributed by atoms with van der Waals surface area (Å²) in [5.74, 6) is -1.15. The molecule has 2 amide bonds. The molecule has 0 saturated heterocycles. The second-order valence-electron chi connectivity index (χ2n) is 9.21. The van der Waals surface area contributed by atoms with E-state index in [0.29, 0.717) is 11.3 Å². The van der Waals surface area contributed by atoms with Crippen molar-refractivity contribution in [3.05, 3.63) is 90.2 Å². The van der Waals surface area contributed by atoms with Gasteiger partial charge in [-0.1, -0.05) is 42.5 Å². The minimum absolute atomic E-state index is 0.000199. The predicted octanol–water partition coefficient (Wildman–Crippen LogP) is 4.36. The molecule has 0 unspecified atom stereocenters. The average molecular weight is 556 g/mol. The van der Waals surface area contributed by atoms with Crippen molar-refractivity contribution in [3.8, 4) is 5.75 Å². The van der Waals surface area contributed by atoms with Gasteiger partial charge in [0, 0.05) is 12.6 Å². The number of para-hydroxylation sites is 2. The second-order valence-corrected chi connectivity index (χ2v) is 11.1. The standard InChI is InChI=1S/C29H34FN3O5S/c1-5-38-27-14-10-9-13-26(27)33(39(36,37)25-11-7-6-8-12-25)20-28(34)32(22(4)29(35)31-21(2)3)19-23-15-17-24(30)18-16-23/h6-18,21-22H,5,19-20H2,1-4H3,(H,31,35)/t22-/m1/s1. The number of carbonyl (C=O) groups is 2. The molecule has 3 rings (SSSR count). The van der Waals surface area contributed by atoms with Crippen LogP contribution in [0.3, 0.4) is 0 Å². The number of rotatable bonds is 12. The van der Waals surface area contributed by atoms with E-state index in [2.05, 4.69) is 5.32 Å². The third kappa shape index (κ3) is 7.57. The number of carbonyl (C=O) groups excluding carboxylic acids is 2. The summed E-state index contributed by atoms with van der Waals surface area (Å²) in [5, 5.41) is 2.80. The van der Waals surface area contributed by atoms with Crippen LogP contribution in [0.1, 0.15) is 33.3 Å². The fraction of sp³-hybridized carbons (Fsp3) is 0.310. The fourth-order valence-corrected chi connectivity index (χ4v) is 5.39. The van der Waals surface area contributed by atoms with E-state index in [4.69, 9.17) is 4.74 Å². The number of halogens is 1. The molecular weight excluding hydrogens is 521 g/mol. The molecule has 0 aromatic heterocycles. The molecular formula is C29H34FN3O5S. The molecule has 10 heteroatoms. The monoisotopic (exact) mass is 555 g/mol. The third-order valence-electron chi connectivity index (χ3n) is 5.91. The lowest BCUT2D eigenvalue weighted by molar-refractivity contribution is -0.139. The largest absolute Gasteiger partial charge is 0.492 e. The van der Waals surface area contributed by atoms with Gasteiger partial charge in [-0.3, -0.25) is 13.9 Å². The number of nitrogens with one attached hydrogen (secondary N) is 1. The summed E-state index contributed by atoms with van der Waals surface area (Å²) in [4.78, 5) is 28.1. The average Bonchev–Trinajstić information content (AvgIpc) is 2.91. The summed E-state index contributed by atoms with van der Waals surface area (Å²) < 4.78 is 48.0. The lowest BCUT2D eigenvalue weighted by Gasteiger charge is -2.32. The van der Waals surface area contributed by atoms with Crippen LogP contribution in [0.15, 0.2) is 83.8 Å². The zero-order valence-electron chi connectivity index (χ0n) is 22.5. The maximum Gasteiger partial charge on any atom is 0.264 e. The molecule has 0 fully saturated rings. The van der Waals surface area contributed by atoms with Crippen molar-refractivity contribution in [2.24, 2.45) is 0 Å². The van der Waals surface area contributed by atoms with Crippen molar-refractivity contribution in [1.29, 1.82) is 0 Å². The Labute approximate surface area is 229 Å². The van der Waals surface area contributed by atoms with Crippen molar-refractivity contribution < 1.29 is 27.1 Å². The summed E-state index contributed by atoms with van der Waals surface area (Å²) in [6.45, 7) is 6.61. The number of hydrogen-bond acceptors (Lipinski definition) is 5. The van der Waals surface area contributed by atoms with Gasteiger partial charge in [0.15, 0.2) is 0 Å². The van der Waals surface area contributed by atoms with Crippen molar-refractivity contribution in [1.82, 2.24) is 10.2 Å². The summed E-state index contributed by atoms with van der Waals surface area (Å²) >= 11 is 0. The molecule has 0 bridgehead atoms. The molecule has 0 heterocycles. The molecule has 0 spiro atoms. The second kappa shape index (κ2) is 13.2. The first-order valence-corrected chi connectivity index (χ1v) is 14.1. The molecule has 0 aliphatic heterocycles. The number of sulfonamides is 1. The van der Waals surface area contributed by atoms with Gasteiger partial charge in [0.1, 0.15) is 24.2 Å². The molecule has 3 aromatic rings. The maximum absolute atomic E-state index is 13.9. The third-order valence-corrected chi connectivity index (χ3v) is 7.68. The van der Waals surface area contributed by atoms with E-state index in [1.54, 1.807) is 70.2 Å². The molecule has 1 N–H and O–H groups in total. The fourth-order valence-electron chi connectivity index (χ4n) is 3.95. The van der Waals surface area contributed by atoms with Crippen LogP contribution >= 0.6 is 0 Å². The predicted molar refractivity (Wildman–Crippen MR) is 148 cm³/mol. The van der Waals surface area contributed by atoms with Gasteiger partial charge in [0.25, 0.3) is 10.0 Å². The molecule has 0 saturated carbocycles. The zero-order valence-corrected chi connectivity index (χ0v) is 23.3. The lowest BCUT2D eigenvalue weighted by atomic mass is 10.1. The van der Waals surface area contributed by atoms with Gasteiger partial charge >= 0.3 is 0 Å². The number of ether oxygens (including phenoxy) is 1. The van der Waals surface area contributed by atoms with Gasteiger partial charge in [-0.15, -0.1) is 0 Å². The van der Waals surface area contributed by atoms with E-state index in [9.17, 15) is 22.4 Å². The van der Waals surface area contributed by atoms with Crippen LogP contribution in [0, 0.1) is 5.82 Å². The summed E-state index contributed by atoms with van der Waals surface area (Å²) in [7, 11) is -4.21. The van der Waals surface area contributed by atoms with Gasteiger partial charge in [0.05, 0.1) is 17.2 Å². The lowest BCUT2D eigenvalue weighted by Crippen LogP contribution is -2.52. The molecule has 0 radical (unpaired) electrons. The molecule has 0 aliphatic carbocycles. The van der Waals surface area contributed by atoms with Crippen molar-refractivity contribution >= 4 is 27.5 Å². The maximum atomic E-state index is 13.9. The summed E-state index contributed by atoms with van der Waals surface area (Å²) in [6.07, 6.45) is 0. The van der Waals surface area contributed by atoms with Gasteiger partial charge in [0.2, 0.25) is 11.8 Å². The van der Waals surface area contributed by atoms with Crippen LogP contribution in [0.5, 0.6) is 5.75 Å². The number of amides is 2. The Morgan fingerprint density at radius 3 is 2.15 bits per heavy atom. The Hall–Kier alpha value is -3.92. The molecule has 1 atom stereocenters. The Balaban J connectivity index is 2.06. The minimum atomic E-state index is -4.21. The minimum Gasteiger partial charge on any atom is -0.492 e. The van der Waals surface area contributed by atoms with Gasteiger partial charge in [-0.2, -0.15) is 0 Å². The Kier molecular flexibility index (Phi) is 10.1. The van der Waals surface area contributed by atoms with Crippen LogP contribution in [0.4, 0.5) is 10.1 Å².